The van der Waals surface area contributed by atoms with Crippen LogP contribution in [-0.2, 0) is 12.3 Å². The fraction of sp³-hybridized carbons (Fsp3) is 0.200. The Kier molecular flexibility index (Phi) is 9.30. The van der Waals surface area contributed by atoms with Crippen LogP contribution in [-0.4, -0.2) is 38.1 Å². The standard InChI is InChI=1S/C30H32O3Si4/c1-21-13-10-18-28(24(21)4)34-31-37(27-16-8-7-9-17-27,32-35-29-19-11-14-22(2)25(29)5)33-36-30-20-12-15-23(3)26(30)6/h7-20H,1-6H3. The molecule has 7 heteroatoms. The van der Waals surface area contributed by atoms with Gasteiger partial charge in [0.15, 0.2) is 0 Å². The minimum atomic E-state index is -3.30. The third-order valence-corrected chi connectivity index (χ3v) is 14.6. The Labute approximate surface area is 230 Å². The van der Waals surface area contributed by atoms with Crippen molar-refractivity contribution in [2.45, 2.75) is 41.5 Å². The van der Waals surface area contributed by atoms with E-state index in [1.165, 1.54) is 48.9 Å². The molecular weight excluding hydrogens is 521 g/mol. The van der Waals surface area contributed by atoms with Gasteiger partial charge in [0, 0.05) is 5.19 Å². The van der Waals surface area contributed by atoms with Crippen LogP contribution in [0.3, 0.4) is 0 Å². The van der Waals surface area contributed by atoms with Crippen molar-refractivity contribution in [1.29, 1.82) is 0 Å². The molecule has 4 aromatic rings. The normalized spacial score (nSPS) is 11.6. The Hall–Kier alpha value is -2.37. The van der Waals surface area contributed by atoms with E-state index in [1.807, 2.05) is 18.2 Å². The molecule has 37 heavy (non-hydrogen) atoms. The fourth-order valence-electron chi connectivity index (χ4n) is 3.83. The van der Waals surface area contributed by atoms with Crippen LogP contribution in [0.25, 0.3) is 0 Å². The lowest BCUT2D eigenvalue weighted by atomic mass is 10.1. The number of aryl methyl sites for hydroxylation is 3. The minimum absolute atomic E-state index is 0.122. The third-order valence-electron chi connectivity index (χ3n) is 6.83. The van der Waals surface area contributed by atoms with Crippen LogP contribution in [0.2, 0.25) is 0 Å². The fourth-order valence-corrected chi connectivity index (χ4v) is 11.9. The van der Waals surface area contributed by atoms with Crippen molar-refractivity contribution < 1.29 is 12.3 Å². The summed E-state index contributed by atoms with van der Waals surface area (Å²) in [6.45, 7) is 12.9. The Bertz CT molecular complexity index is 1220. The SMILES string of the molecule is Cc1cccc([Si]O[Si](O[Si]c2cccc(C)c2C)(O[Si]c2cccc(C)c2C)c2ccccc2)c1C. The van der Waals surface area contributed by atoms with Crippen LogP contribution >= 0.6 is 0 Å². The van der Waals surface area contributed by atoms with Gasteiger partial charge in [-0.2, -0.15) is 0 Å². The van der Waals surface area contributed by atoms with Gasteiger partial charge in [0.25, 0.3) is 29.3 Å². The smallest absolute Gasteiger partial charge is 0.408 e. The molecule has 6 radical (unpaired) electrons. The van der Waals surface area contributed by atoms with E-state index in [4.69, 9.17) is 12.3 Å². The molecule has 0 bridgehead atoms. The first-order valence-electron chi connectivity index (χ1n) is 12.4. The number of hydrogen-bond acceptors (Lipinski definition) is 3. The van der Waals surface area contributed by atoms with Crippen molar-refractivity contribution in [3.05, 3.63) is 118 Å². The molecule has 0 aromatic heterocycles. The molecule has 0 aliphatic rings. The van der Waals surface area contributed by atoms with Crippen molar-refractivity contribution in [2.75, 3.05) is 0 Å². The summed E-state index contributed by atoms with van der Waals surface area (Å²) in [4.78, 5) is 0. The average molecular weight is 553 g/mol. The van der Waals surface area contributed by atoms with Gasteiger partial charge >= 0.3 is 8.80 Å². The van der Waals surface area contributed by atoms with Gasteiger partial charge in [-0.15, -0.1) is 0 Å². The van der Waals surface area contributed by atoms with Crippen LogP contribution < -0.4 is 20.7 Å². The van der Waals surface area contributed by atoms with Crippen molar-refractivity contribution in [3.8, 4) is 0 Å². The lowest BCUT2D eigenvalue weighted by molar-refractivity contribution is 0.308. The van der Waals surface area contributed by atoms with E-state index >= 15 is 0 Å². The van der Waals surface area contributed by atoms with E-state index < -0.39 is 8.80 Å². The molecule has 4 aromatic carbocycles. The van der Waals surface area contributed by atoms with Crippen molar-refractivity contribution >= 4 is 58.8 Å². The maximum atomic E-state index is 6.86. The maximum absolute atomic E-state index is 6.86. The molecule has 3 nitrogen and oxygen atoms in total. The first-order valence-corrected chi connectivity index (χ1v) is 16.8. The van der Waals surface area contributed by atoms with Crippen LogP contribution in [0, 0.1) is 41.5 Å². The molecule has 0 amide bonds. The van der Waals surface area contributed by atoms with Crippen molar-refractivity contribution in [1.82, 2.24) is 0 Å². The molecule has 0 unspecified atom stereocenters. The second-order valence-electron chi connectivity index (χ2n) is 9.28. The molecule has 0 fully saturated rings. The quantitative estimate of drug-likeness (QED) is 0.282. The van der Waals surface area contributed by atoms with Gasteiger partial charge in [0.1, 0.15) is 0 Å². The highest BCUT2D eigenvalue weighted by Crippen LogP contribution is 2.13. The number of hydrogen-bond donors (Lipinski definition) is 0. The van der Waals surface area contributed by atoms with E-state index in [2.05, 4.69) is 108 Å². The van der Waals surface area contributed by atoms with E-state index in [1.54, 1.807) is 0 Å². The van der Waals surface area contributed by atoms with E-state index in [-0.39, 0.29) is 29.3 Å². The Morgan fingerprint density at radius 3 is 1.14 bits per heavy atom. The Morgan fingerprint density at radius 2 is 0.784 bits per heavy atom. The van der Waals surface area contributed by atoms with Crippen molar-refractivity contribution in [3.63, 3.8) is 0 Å². The van der Waals surface area contributed by atoms with Gasteiger partial charge in [0.05, 0.1) is 0 Å². The summed E-state index contributed by atoms with van der Waals surface area (Å²) >= 11 is 0. The minimum Gasteiger partial charge on any atom is -0.408 e. The van der Waals surface area contributed by atoms with Crippen LogP contribution in [0.1, 0.15) is 33.4 Å². The van der Waals surface area contributed by atoms with Gasteiger partial charge in [-0.1, -0.05) is 84.9 Å². The molecule has 4 rings (SSSR count). The van der Waals surface area contributed by atoms with Crippen LogP contribution in [0.4, 0.5) is 0 Å². The topological polar surface area (TPSA) is 27.7 Å². The predicted octanol–water partition coefficient (Wildman–Crippen LogP) is 3.57. The summed E-state index contributed by atoms with van der Waals surface area (Å²) in [5.74, 6) is 0. The van der Waals surface area contributed by atoms with Gasteiger partial charge in [-0.25, -0.2) is 0 Å². The molecule has 0 aliphatic carbocycles. The van der Waals surface area contributed by atoms with Crippen molar-refractivity contribution in [2.24, 2.45) is 0 Å². The highest BCUT2D eigenvalue weighted by Gasteiger charge is 2.44. The first kappa shape index (κ1) is 27.7. The molecule has 186 valence electrons. The number of benzene rings is 4. The van der Waals surface area contributed by atoms with Gasteiger partial charge in [0.2, 0.25) is 0 Å². The largest absolute Gasteiger partial charge is 0.506 e. The summed E-state index contributed by atoms with van der Waals surface area (Å²) < 4.78 is 20.6. The first-order chi connectivity index (χ1) is 17.8. The third kappa shape index (κ3) is 6.56. The molecule has 0 saturated carbocycles. The molecule has 0 spiro atoms. The van der Waals surface area contributed by atoms with Gasteiger partial charge in [-0.05, 0) is 90.5 Å². The highest BCUT2D eigenvalue weighted by molar-refractivity contribution is 6.87. The zero-order valence-corrected chi connectivity index (χ0v) is 26.3. The molecule has 0 aliphatic heterocycles. The monoisotopic (exact) mass is 552 g/mol. The zero-order valence-electron chi connectivity index (χ0n) is 22.3. The molecule has 0 saturated heterocycles. The molecular formula is C30H32O3Si4. The van der Waals surface area contributed by atoms with E-state index in [9.17, 15) is 0 Å². The van der Waals surface area contributed by atoms with Gasteiger partial charge < -0.3 is 12.3 Å². The lowest BCUT2D eigenvalue weighted by Gasteiger charge is -2.31. The zero-order chi connectivity index (χ0) is 26.4. The summed E-state index contributed by atoms with van der Waals surface area (Å²) in [5.41, 5.74) is 7.55. The average Bonchev–Trinajstić information content (AvgIpc) is 2.91. The summed E-state index contributed by atoms with van der Waals surface area (Å²) in [7, 11) is -2.94. The summed E-state index contributed by atoms with van der Waals surface area (Å²) in [6, 6.07) is 29.4. The van der Waals surface area contributed by atoms with Crippen LogP contribution in [0.15, 0.2) is 84.9 Å². The second-order valence-corrected chi connectivity index (χ2v) is 15.6. The van der Waals surface area contributed by atoms with Gasteiger partial charge in [-0.3, -0.25) is 0 Å². The van der Waals surface area contributed by atoms with E-state index in [0.717, 1.165) is 5.19 Å². The Balaban J connectivity index is 1.72. The predicted molar refractivity (Wildman–Crippen MR) is 159 cm³/mol. The maximum Gasteiger partial charge on any atom is 0.506 e. The summed E-state index contributed by atoms with van der Waals surface area (Å²) in [5, 5.41) is 4.55. The highest BCUT2D eigenvalue weighted by atomic mass is 28.5. The molecule has 0 heterocycles. The lowest BCUT2D eigenvalue weighted by Crippen LogP contribution is -2.61. The Morgan fingerprint density at radius 1 is 0.432 bits per heavy atom. The summed E-state index contributed by atoms with van der Waals surface area (Å²) in [6.07, 6.45) is 0. The van der Waals surface area contributed by atoms with E-state index in [0.29, 0.717) is 0 Å². The van der Waals surface area contributed by atoms with Crippen LogP contribution in [0.5, 0.6) is 0 Å². The second kappa shape index (κ2) is 12.4. The molecule has 0 N–H and O–H groups in total. The molecule has 0 atom stereocenters. The number of rotatable bonds is 10.